The standard InChI is InChI=1S/C11H21NO3/c1-10(2,3)4-5-15-11(6-9(13)14)7-12-8-11/h12H,4-8H2,1-3H3,(H,13,14). The number of nitrogens with one attached hydrogen (secondary N) is 1. The van der Waals surface area contributed by atoms with E-state index in [9.17, 15) is 4.79 Å². The highest BCUT2D eigenvalue weighted by Gasteiger charge is 2.40. The first-order valence-corrected chi connectivity index (χ1v) is 5.40. The Morgan fingerprint density at radius 3 is 2.40 bits per heavy atom. The van der Waals surface area contributed by atoms with Crippen LogP contribution in [0.15, 0.2) is 0 Å². The highest BCUT2D eigenvalue weighted by Crippen LogP contribution is 2.24. The SMILES string of the molecule is CC(C)(C)CCOC1(CC(=O)O)CNC1. The first kappa shape index (κ1) is 12.5. The van der Waals surface area contributed by atoms with Gasteiger partial charge in [0.2, 0.25) is 0 Å². The lowest BCUT2D eigenvalue weighted by atomic mass is 9.91. The maximum absolute atomic E-state index is 10.7. The van der Waals surface area contributed by atoms with Crippen LogP contribution in [0.25, 0.3) is 0 Å². The Labute approximate surface area is 91.0 Å². The fourth-order valence-corrected chi connectivity index (χ4v) is 1.53. The second kappa shape index (κ2) is 4.49. The molecule has 4 heteroatoms. The molecule has 0 saturated carbocycles. The molecule has 88 valence electrons. The topological polar surface area (TPSA) is 58.6 Å². The molecule has 15 heavy (non-hydrogen) atoms. The molecule has 0 radical (unpaired) electrons. The normalized spacial score (nSPS) is 19.7. The number of carboxylic acid groups (broad SMARTS) is 1. The van der Waals surface area contributed by atoms with Gasteiger partial charge in [-0.1, -0.05) is 20.8 Å². The highest BCUT2D eigenvalue weighted by atomic mass is 16.5. The van der Waals surface area contributed by atoms with Gasteiger partial charge in [0.15, 0.2) is 0 Å². The van der Waals surface area contributed by atoms with Crippen molar-refractivity contribution in [2.24, 2.45) is 5.41 Å². The summed E-state index contributed by atoms with van der Waals surface area (Å²) in [6.07, 6.45) is 1.05. The third-order valence-electron chi connectivity index (χ3n) is 2.63. The summed E-state index contributed by atoms with van der Waals surface area (Å²) in [6.45, 7) is 8.41. The lowest BCUT2D eigenvalue weighted by Gasteiger charge is -2.41. The van der Waals surface area contributed by atoms with Crippen molar-refractivity contribution in [2.75, 3.05) is 19.7 Å². The predicted octanol–water partition coefficient (Wildman–Crippen LogP) is 1.26. The van der Waals surface area contributed by atoms with Gasteiger partial charge in [0.05, 0.1) is 6.42 Å². The van der Waals surface area contributed by atoms with Crippen LogP contribution in [-0.4, -0.2) is 36.4 Å². The molecule has 1 rings (SSSR count). The van der Waals surface area contributed by atoms with Crippen molar-refractivity contribution in [1.29, 1.82) is 0 Å². The molecule has 1 saturated heterocycles. The Balaban J connectivity index is 2.31. The zero-order valence-electron chi connectivity index (χ0n) is 9.80. The number of carboxylic acids is 1. The summed E-state index contributed by atoms with van der Waals surface area (Å²) >= 11 is 0. The van der Waals surface area contributed by atoms with Gasteiger partial charge in [-0.3, -0.25) is 4.79 Å². The minimum absolute atomic E-state index is 0.101. The molecule has 4 nitrogen and oxygen atoms in total. The fraction of sp³-hybridized carbons (Fsp3) is 0.909. The van der Waals surface area contributed by atoms with Gasteiger partial charge in [-0.25, -0.2) is 0 Å². The van der Waals surface area contributed by atoms with E-state index in [1.54, 1.807) is 0 Å². The molecule has 0 aromatic carbocycles. The summed E-state index contributed by atoms with van der Waals surface area (Å²) in [5, 5.41) is 11.8. The van der Waals surface area contributed by atoms with Crippen molar-refractivity contribution >= 4 is 5.97 Å². The second-order valence-corrected chi connectivity index (χ2v) is 5.52. The van der Waals surface area contributed by atoms with E-state index in [1.165, 1.54) is 0 Å². The van der Waals surface area contributed by atoms with Crippen LogP contribution >= 0.6 is 0 Å². The summed E-state index contributed by atoms with van der Waals surface area (Å²) in [4.78, 5) is 10.7. The van der Waals surface area contributed by atoms with E-state index in [4.69, 9.17) is 9.84 Å². The van der Waals surface area contributed by atoms with Crippen LogP contribution in [0.2, 0.25) is 0 Å². The van der Waals surface area contributed by atoms with E-state index in [-0.39, 0.29) is 11.8 Å². The minimum Gasteiger partial charge on any atom is -0.481 e. The van der Waals surface area contributed by atoms with Crippen molar-refractivity contribution in [3.05, 3.63) is 0 Å². The molecule has 0 bridgehead atoms. The lowest BCUT2D eigenvalue weighted by molar-refractivity contribution is -0.151. The van der Waals surface area contributed by atoms with Gasteiger partial charge in [-0.05, 0) is 11.8 Å². The summed E-state index contributed by atoms with van der Waals surface area (Å²) in [5.74, 6) is -0.785. The summed E-state index contributed by atoms with van der Waals surface area (Å²) < 4.78 is 5.71. The highest BCUT2D eigenvalue weighted by molar-refractivity contribution is 5.68. The van der Waals surface area contributed by atoms with Gasteiger partial charge in [-0.2, -0.15) is 0 Å². The van der Waals surface area contributed by atoms with Crippen molar-refractivity contribution in [3.8, 4) is 0 Å². The molecular formula is C11H21NO3. The molecule has 0 unspecified atom stereocenters. The Kier molecular flexibility index (Phi) is 3.73. The van der Waals surface area contributed by atoms with Crippen molar-refractivity contribution in [2.45, 2.75) is 39.2 Å². The first-order chi connectivity index (χ1) is 6.83. The average molecular weight is 215 g/mol. The molecule has 0 atom stereocenters. The second-order valence-electron chi connectivity index (χ2n) is 5.52. The Morgan fingerprint density at radius 1 is 1.47 bits per heavy atom. The molecule has 0 aliphatic carbocycles. The largest absolute Gasteiger partial charge is 0.481 e. The van der Waals surface area contributed by atoms with Crippen LogP contribution in [0.5, 0.6) is 0 Å². The van der Waals surface area contributed by atoms with Gasteiger partial charge in [0.1, 0.15) is 5.60 Å². The van der Waals surface area contributed by atoms with E-state index in [0.29, 0.717) is 19.7 Å². The molecule has 0 aromatic heterocycles. The summed E-state index contributed by atoms with van der Waals surface area (Å²) in [5.41, 5.74) is -0.210. The zero-order chi connectivity index (χ0) is 11.5. The molecular weight excluding hydrogens is 194 g/mol. The van der Waals surface area contributed by atoms with Gasteiger partial charge in [0, 0.05) is 19.7 Å². The number of hydrogen-bond acceptors (Lipinski definition) is 3. The van der Waals surface area contributed by atoms with Crippen LogP contribution in [0.1, 0.15) is 33.6 Å². The molecule has 1 fully saturated rings. The average Bonchev–Trinajstić information content (AvgIpc) is 1.96. The quantitative estimate of drug-likeness (QED) is 0.724. The zero-order valence-corrected chi connectivity index (χ0v) is 9.80. The molecule has 0 aromatic rings. The number of hydrogen-bond donors (Lipinski definition) is 2. The molecule has 1 heterocycles. The van der Waals surface area contributed by atoms with Crippen LogP contribution in [0, 0.1) is 5.41 Å². The third-order valence-corrected chi connectivity index (χ3v) is 2.63. The van der Waals surface area contributed by atoms with Crippen LogP contribution in [-0.2, 0) is 9.53 Å². The Bertz CT molecular complexity index is 228. The maximum atomic E-state index is 10.7. The van der Waals surface area contributed by atoms with E-state index in [1.807, 2.05) is 0 Å². The van der Waals surface area contributed by atoms with Gasteiger partial charge in [-0.15, -0.1) is 0 Å². The first-order valence-electron chi connectivity index (χ1n) is 5.40. The van der Waals surface area contributed by atoms with Crippen LogP contribution < -0.4 is 5.32 Å². The van der Waals surface area contributed by atoms with Crippen LogP contribution in [0.3, 0.4) is 0 Å². The molecule has 0 amide bonds. The lowest BCUT2D eigenvalue weighted by Crippen LogP contribution is -2.62. The molecule has 0 spiro atoms. The monoisotopic (exact) mass is 215 g/mol. The number of aliphatic carboxylic acids is 1. The van der Waals surface area contributed by atoms with E-state index in [2.05, 4.69) is 26.1 Å². The van der Waals surface area contributed by atoms with Gasteiger partial charge < -0.3 is 15.2 Å². The van der Waals surface area contributed by atoms with Crippen molar-refractivity contribution in [3.63, 3.8) is 0 Å². The smallest absolute Gasteiger partial charge is 0.306 e. The Morgan fingerprint density at radius 2 is 2.07 bits per heavy atom. The fourth-order valence-electron chi connectivity index (χ4n) is 1.53. The Hall–Kier alpha value is -0.610. The van der Waals surface area contributed by atoms with Gasteiger partial charge in [0.25, 0.3) is 0 Å². The molecule has 1 aliphatic heterocycles. The number of rotatable bonds is 5. The van der Waals surface area contributed by atoms with E-state index >= 15 is 0 Å². The third kappa shape index (κ3) is 4.18. The van der Waals surface area contributed by atoms with E-state index < -0.39 is 11.6 Å². The van der Waals surface area contributed by atoms with Crippen molar-refractivity contribution < 1.29 is 14.6 Å². The minimum atomic E-state index is -0.785. The maximum Gasteiger partial charge on any atom is 0.306 e. The summed E-state index contributed by atoms with van der Waals surface area (Å²) in [7, 11) is 0. The van der Waals surface area contributed by atoms with Gasteiger partial charge >= 0.3 is 5.97 Å². The summed E-state index contributed by atoms with van der Waals surface area (Å²) in [6, 6.07) is 0. The molecule has 1 aliphatic rings. The van der Waals surface area contributed by atoms with E-state index in [0.717, 1.165) is 6.42 Å². The predicted molar refractivity (Wildman–Crippen MR) is 57.9 cm³/mol. The molecule has 2 N–H and O–H groups in total. The number of carbonyl (C=O) groups is 1. The van der Waals surface area contributed by atoms with Crippen LogP contribution in [0.4, 0.5) is 0 Å². The number of ether oxygens (including phenoxy) is 1. The van der Waals surface area contributed by atoms with Crippen molar-refractivity contribution in [1.82, 2.24) is 5.32 Å².